The molecule has 1 N–H and O–H groups in total. The van der Waals surface area contributed by atoms with E-state index < -0.39 is 17.7 Å². The van der Waals surface area contributed by atoms with Gasteiger partial charge in [-0.25, -0.2) is 4.98 Å². The van der Waals surface area contributed by atoms with Crippen molar-refractivity contribution in [3.8, 4) is 11.3 Å². The Hall–Kier alpha value is -2.90. The van der Waals surface area contributed by atoms with E-state index in [1.807, 2.05) is 19.1 Å². The molecule has 11 nitrogen and oxygen atoms in total. The Bertz CT molecular complexity index is 1320. The molecule has 0 unspecified atom stereocenters. The van der Waals surface area contributed by atoms with Gasteiger partial charge in [0.05, 0.1) is 18.8 Å². The SMILES string of the molecule is CCO[C@H]1CN(C(=O)C2(NC(=O)c3ccc(-c4csc(N5CCN(CCOC)CC5)n4)cc3)CCCCC2)[C@@H]2C(=O)CO[C@H]12. The van der Waals surface area contributed by atoms with Crippen molar-refractivity contribution < 1.29 is 28.6 Å². The number of amides is 2. The van der Waals surface area contributed by atoms with Crippen molar-refractivity contribution in [2.45, 2.75) is 62.8 Å². The molecule has 2 aromatic rings. The van der Waals surface area contributed by atoms with Crippen LogP contribution in [0.1, 0.15) is 49.4 Å². The summed E-state index contributed by atoms with van der Waals surface area (Å²) < 4.78 is 16.8. The maximum Gasteiger partial charge on any atom is 0.252 e. The molecule has 44 heavy (non-hydrogen) atoms. The fourth-order valence-electron chi connectivity index (χ4n) is 7.01. The van der Waals surface area contributed by atoms with Crippen molar-refractivity contribution in [3.63, 3.8) is 0 Å². The standard InChI is InChI=1S/C32H43N5O6S/c1-3-42-26-19-37(27-25(38)20-43-28(26)27)30(40)32(11-5-4-6-12-32)34-29(39)23-9-7-22(8-10-23)24-21-44-31(33-24)36-15-13-35(14-16-36)17-18-41-2/h7-10,21,26-28H,3-6,11-20H2,1-2H3,(H,34,39)/t26-,27+,28+/m0/s1. The maximum absolute atomic E-state index is 14.2. The highest BCUT2D eigenvalue weighted by Crippen LogP contribution is 2.36. The van der Waals surface area contributed by atoms with E-state index in [0.717, 1.165) is 75.0 Å². The number of thiazole rings is 1. The number of Topliss-reactive ketones (excluding diaryl/α,β-unsaturated/α-hetero) is 1. The zero-order chi connectivity index (χ0) is 30.7. The molecule has 4 fully saturated rings. The van der Waals surface area contributed by atoms with Gasteiger partial charge >= 0.3 is 0 Å². The summed E-state index contributed by atoms with van der Waals surface area (Å²) in [7, 11) is 1.73. The number of rotatable bonds is 10. The lowest BCUT2D eigenvalue weighted by Crippen LogP contribution is -2.62. The Kier molecular flexibility index (Phi) is 9.62. The monoisotopic (exact) mass is 625 g/mol. The van der Waals surface area contributed by atoms with Crippen molar-refractivity contribution in [3.05, 3.63) is 35.2 Å². The van der Waals surface area contributed by atoms with Gasteiger partial charge in [0.25, 0.3) is 5.91 Å². The Morgan fingerprint density at radius 1 is 1.11 bits per heavy atom. The third-order valence-corrected chi connectivity index (χ3v) is 10.3. The molecule has 1 saturated carbocycles. The van der Waals surface area contributed by atoms with Crippen LogP contribution in [0, 0.1) is 0 Å². The van der Waals surface area contributed by atoms with E-state index in [9.17, 15) is 14.4 Å². The molecule has 3 atom stereocenters. The number of carbonyl (C=O) groups excluding carboxylic acids is 3. The molecule has 238 valence electrons. The van der Waals surface area contributed by atoms with Crippen molar-refractivity contribution in [1.29, 1.82) is 0 Å². The van der Waals surface area contributed by atoms with E-state index in [1.54, 1.807) is 35.5 Å². The molecule has 3 aliphatic heterocycles. The number of ether oxygens (including phenoxy) is 3. The number of nitrogens with one attached hydrogen (secondary N) is 1. The maximum atomic E-state index is 14.2. The predicted octanol–water partition coefficient (Wildman–Crippen LogP) is 2.60. The number of hydrogen-bond acceptors (Lipinski definition) is 10. The van der Waals surface area contributed by atoms with E-state index in [4.69, 9.17) is 19.2 Å². The highest BCUT2D eigenvalue weighted by Gasteiger charge is 2.56. The van der Waals surface area contributed by atoms with Gasteiger partial charge in [0, 0.05) is 62.9 Å². The molecule has 1 aromatic heterocycles. The molecular formula is C32H43N5O6S. The molecule has 1 aliphatic carbocycles. The van der Waals surface area contributed by atoms with Crippen LogP contribution in [0.25, 0.3) is 11.3 Å². The van der Waals surface area contributed by atoms with Gasteiger partial charge < -0.3 is 29.3 Å². The summed E-state index contributed by atoms with van der Waals surface area (Å²) in [6, 6.07) is 6.77. The van der Waals surface area contributed by atoms with Crippen LogP contribution in [0.2, 0.25) is 0 Å². The third kappa shape index (κ3) is 6.28. The second-order valence-corrected chi connectivity index (χ2v) is 13.0. The van der Waals surface area contributed by atoms with Crippen LogP contribution >= 0.6 is 11.3 Å². The molecule has 0 spiro atoms. The minimum Gasteiger partial charge on any atom is -0.383 e. The quantitative estimate of drug-likeness (QED) is 0.426. The van der Waals surface area contributed by atoms with Crippen molar-refractivity contribution in [2.75, 3.05) is 71.1 Å². The van der Waals surface area contributed by atoms with E-state index in [0.29, 0.717) is 31.6 Å². The fraction of sp³-hybridized carbons (Fsp3) is 0.625. The van der Waals surface area contributed by atoms with Gasteiger partial charge in [-0.2, -0.15) is 0 Å². The zero-order valence-corrected chi connectivity index (χ0v) is 26.5. The first-order valence-corrected chi connectivity index (χ1v) is 16.7. The van der Waals surface area contributed by atoms with Crippen LogP contribution in [-0.2, 0) is 23.8 Å². The number of benzene rings is 1. The number of anilines is 1. The molecule has 4 heterocycles. The van der Waals surface area contributed by atoms with Gasteiger partial charge in [-0.1, -0.05) is 31.4 Å². The highest BCUT2D eigenvalue weighted by atomic mass is 32.1. The first-order chi connectivity index (χ1) is 21.4. The number of hydrogen-bond donors (Lipinski definition) is 1. The summed E-state index contributed by atoms with van der Waals surface area (Å²) >= 11 is 1.64. The lowest BCUT2D eigenvalue weighted by atomic mass is 9.80. The molecule has 3 saturated heterocycles. The van der Waals surface area contributed by atoms with Crippen LogP contribution < -0.4 is 10.2 Å². The van der Waals surface area contributed by atoms with Crippen LogP contribution in [-0.4, -0.2) is 122 Å². The highest BCUT2D eigenvalue weighted by molar-refractivity contribution is 7.14. The fourth-order valence-corrected chi connectivity index (χ4v) is 7.90. The van der Waals surface area contributed by atoms with E-state index >= 15 is 0 Å². The van der Waals surface area contributed by atoms with Crippen LogP contribution in [0.4, 0.5) is 5.13 Å². The smallest absolute Gasteiger partial charge is 0.252 e. The van der Waals surface area contributed by atoms with Crippen LogP contribution in [0.15, 0.2) is 29.6 Å². The average Bonchev–Trinajstić information content (AvgIpc) is 3.78. The summed E-state index contributed by atoms with van der Waals surface area (Å²) in [5.74, 6) is -0.594. The van der Waals surface area contributed by atoms with Gasteiger partial charge in [-0.15, -0.1) is 11.3 Å². The molecule has 12 heteroatoms. The first-order valence-electron chi connectivity index (χ1n) is 15.8. The first kappa shape index (κ1) is 31.1. The molecule has 2 amide bonds. The predicted molar refractivity (Wildman–Crippen MR) is 167 cm³/mol. The molecule has 0 radical (unpaired) electrons. The lowest BCUT2D eigenvalue weighted by molar-refractivity contribution is -0.143. The molecular weight excluding hydrogens is 582 g/mol. The topological polar surface area (TPSA) is 114 Å². The number of nitrogens with zero attached hydrogens (tertiary/aromatic N) is 4. The normalized spacial score (nSPS) is 25.3. The van der Waals surface area contributed by atoms with Crippen molar-refractivity contribution in [1.82, 2.24) is 20.1 Å². The van der Waals surface area contributed by atoms with E-state index in [-0.39, 0.29) is 30.3 Å². The Morgan fingerprint density at radius 2 is 1.86 bits per heavy atom. The summed E-state index contributed by atoms with van der Waals surface area (Å²) in [6.07, 6.45) is 2.96. The number of methoxy groups -OCH3 is 1. The number of carbonyl (C=O) groups is 3. The number of piperazine rings is 1. The summed E-state index contributed by atoms with van der Waals surface area (Å²) in [6.45, 7) is 8.18. The van der Waals surface area contributed by atoms with Gasteiger partial charge in [0.15, 0.2) is 10.9 Å². The Morgan fingerprint density at radius 3 is 2.57 bits per heavy atom. The summed E-state index contributed by atoms with van der Waals surface area (Å²) in [5, 5.41) is 6.20. The second-order valence-electron chi connectivity index (χ2n) is 12.1. The van der Waals surface area contributed by atoms with Gasteiger partial charge in [-0.3, -0.25) is 19.3 Å². The van der Waals surface area contributed by atoms with Gasteiger partial charge in [0.1, 0.15) is 30.4 Å². The van der Waals surface area contributed by atoms with Crippen molar-refractivity contribution >= 4 is 34.1 Å². The second kappa shape index (κ2) is 13.6. The Labute approximate surface area is 262 Å². The van der Waals surface area contributed by atoms with E-state index in [2.05, 4.69) is 20.5 Å². The number of ketones is 1. The molecule has 6 rings (SSSR count). The Balaban J connectivity index is 1.12. The van der Waals surface area contributed by atoms with Crippen LogP contribution in [0.3, 0.4) is 0 Å². The largest absolute Gasteiger partial charge is 0.383 e. The summed E-state index contributed by atoms with van der Waals surface area (Å²) in [4.78, 5) is 51.8. The third-order valence-electron chi connectivity index (χ3n) is 9.44. The lowest BCUT2D eigenvalue weighted by Gasteiger charge is -2.40. The average molecular weight is 626 g/mol. The number of fused-ring (bicyclic) bond motifs is 1. The molecule has 1 aromatic carbocycles. The molecule has 0 bridgehead atoms. The van der Waals surface area contributed by atoms with Gasteiger partial charge in [0.2, 0.25) is 5.91 Å². The number of aromatic nitrogens is 1. The molecule has 4 aliphatic rings. The zero-order valence-electron chi connectivity index (χ0n) is 25.7. The van der Waals surface area contributed by atoms with Gasteiger partial charge in [-0.05, 0) is 31.9 Å². The van der Waals surface area contributed by atoms with Crippen molar-refractivity contribution in [2.24, 2.45) is 0 Å². The van der Waals surface area contributed by atoms with Crippen LogP contribution in [0.5, 0.6) is 0 Å². The minimum atomic E-state index is -1.06. The minimum absolute atomic E-state index is 0.0135. The van der Waals surface area contributed by atoms with E-state index in [1.165, 1.54) is 0 Å². The summed E-state index contributed by atoms with van der Waals surface area (Å²) in [5.41, 5.74) is 1.26. The number of likely N-dealkylation sites (tertiary alicyclic amines) is 1.